The van der Waals surface area contributed by atoms with Crippen molar-refractivity contribution in [3.63, 3.8) is 0 Å². The topological polar surface area (TPSA) is 139 Å². The van der Waals surface area contributed by atoms with Crippen LogP contribution in [-0.4, -0.2) is 31.3 Å². The lowest BCUT2D eigenvalue weighted by Gasteiger charge is -2.08. The van der Waals surface area contributed by atoms with Gasteiger partial charge in [0, 0.05) is 17.8 Å². The number of primary amides is 1. The van der Waals surface area contributed by atoms with E-state index in [4.69, 9.17) is 10.8 Å². The molecule has 8 nitrogen and oxygen atoms in total. The summed E-state index contributed by atoms with van der Waals surface area (Å²) in [4.78, 5) is 20.9. The van der Waals surface area contributed by atoms with E-state index in [1.165, 1.54) is 24.3 Å². The number of sulfonamides is 1. The molecule has 2 amide bonds. The summed E-state index contributed by atoms with van der Waals surface area (Å²) in [6.45, 7) is 0. The number of amides is 2. The standard InChI is InChI=1S/C11H15N3O5S/c12-11(17)13-8-3-5-9(6-4-8)14-20(18,19)7-1-2-10(15)16/h3-6,14H,1-2,7H2,(H,15,16)(H3,12,13,17). The number of carboxylic acids is 1. The number of aliphatic carboxylic acids is 1. The molecule has 1 aromatic rings. The summed E-state index contributed by atoms with van der Waals surface area (Å²) in [7, 11) is -3.59. The molecule has 0 saturated heterocycles. The maximum atomic E-state index is 11.7. The zero-order valence-electron chi connectivity index (χ0n) is 10.5. The molecule has 0 aliphatic carbocycles. The highest BCUT2D eigenvalue weighted by Gasteiger charge is 2.11. The highest BCUT2D eigenvalue weighted by Crippen LogP contribution is 2.15. The van der Waals surface area contributed by atoms with Gasteiger partial charge in [0.05, 0.1) is 5.75 Å². The Morgan fingerprint density at radius 2 is 1.70 bits per heavy atom. The number of carbonyl (C=O) groups is 2. The number of hydrogen-bond donors (Lipinski definition) is 4. The van der Waals surface area contributed by atoms with E-state index in [0.29, 0.717) is 11.4 Å². The molecule has 110 valence electrons. The molecule has 1 aromatic carbocycles. The maximum absolute atomic E-state index is 11.7. The minimum atomic E-state index is -3.59. The predicted molar refractivity (Wildman–Crippen MR) is 73.9 cm³/mol. The van der Waals surface area contributed by atoms with Gasteiger partial charge in [-0.25, -0.2) is 13.2 Å². The Bertz CT molecular complexity index is 583. The normalized spacial score (nSPS) is 10.8. The number of nitrogens with one attached hydrogen (secondary N) is 2. The molecule has 0 aromatic heterocycles. The Hall–Kier alpha value is -2.29. The Morgan fingerprint density at radius 1 is 1.15 bits per heavy atom. The molecule has 0 fully saturated rings. The molecule has 0 heterocycles. The quantitative estimate of drug-likeness (QED) is 0.589. The van der Waals surface area contributed by atoms with Crippen LogP contribution in [0.3, 0.4) is 0 Å². The van der Waals surface area contributed by atoms with E-state index in [1.807, 2.05) is 0 Å². The largest absolute Gasteiger partial charge is 0.481 e. The molecular weight excluding hydrogens is 286 g/mol. The van der Waals surface area contributed by atoms with Crippen LogP contribution in [0.4, 0.5) is 16.2 Å². The molecule has 1 rings (SSSR count). The number of nitrogens with two attached hydrogens (primary N) is 1. The first-order valence-electron chi connectivity index (χ1n) is 5.67. The van der Waals surface area contributed by atoms with Crippen molar-refractivity contribution >= 4 is 33.4 Å². The van der Waals surface area contributed by atoms with E-state index < -0.39 is 22.0 Å². The Morgan fingerprint density at radius 3 is 2.20 bits per heavy atom. The molecule has 0 atom stereocenters. The monoisotopic (exact) mass is 301 g/mol. The van der Waals surface area contributed by atoms with E-state index >= 15 is 0 Å². The summed E-state index contributed by atoms with van der Waals surface area (Å²) < 4.78 is 25.6. The van der Waals surface area contributed by atoms with Crippen molar-refractivity contribution in [2.75, 3.05) is 15.8 Å². The van der Waals surface area contributed by atoms with Crippen LogP contribution in [0.25, 0.3) is 0 Å². The second kappa shape index (κ2) is 6.75. The lowest BCUT2D eigenvalue weighted by molar-refractivity contribution is -0.137. The molecule has 0 unspecified atom stereocenters. The number of urea groups is 1. The van der Waals surface area contributed by atoms with Crippen molar-refractivity contribution in [2.24, 2.45) is 5.73 Å². The molecule has 20 heavy (non-hydrogen) atoms. The van der Waals surface area contributed by atoms with Crippen LogP contribution in [0, 0.1) is 0 Å². The van der Waals surface area contributed by atoms with Gasteiger partial charge in [-0.1, -0.05) is 0 Å². The van der Waals surface area contributed by atoms with Gasteiger partial charge in [-0.15, -0.1) is 0 Å². The number of benzene rings is 1. The molecule has 0 radical (unpaired) electrons. The van der Waals surface area contributed by atoms with Gasteiger partial charge in [-0.05, 0) is 30.7 Å². The first-order valence-corrected chi connectivity index (χ1v) is 7.32. The van der Waals surface area contributed by atoms with Crippen molar-refractivity contribution in [1.82, 2.24) is 0 Å². The van der Waals surface area contributed by atoms with E-state index in [-0.39, 0.29) is 18.6 Å². The van der Waals surface area contributed by atoms with Crippen molar-refractivity contribution in [2.45, 2.75) is 12.8 Å². The predicted octanol–water partition coefficient (Wildman–Crippen LogP) is 0.784. The smallest absolute Gasteiger partial charge is 0.316 e. The van der Waals surface area contributed by atoms with E-state index in [9.17, 15) is 18.0 Å². The van der Waals surface area contributed by atoms with Gasteiger partial charge in [0.1, 0.15) is 0 Å². The van der Waals surface area contributed by atoms with Gasteiger partial charge >= 0.3 is 12.0 Å². The average Bonchev–Trinajstić information content (AvgIpc) is 2.29. The van der Waals surface area contributed by atoms with Crippen LogP contribution in [0.5, 0.6) is 0 Å². The van der Waals surface area contributed by atoms with E-state index in [1.54, 1.807) is 0 Å². The summed E-state index contributed by atoms with van der Waals surface area (Å²) in [5.74, 6) is -1.32. The van der Waals surface area contributed by atoms with Crippen LogP contribution >= 0.6 is 0 Å². The van der Waals surface area contributed by atoms with Crippen molar-refractivity contribution in [3.8, 4) is 0 Å². The van der Waals surface area contributed by atoms with Crippen LogP contribution in [0.2, 0.25) is 0 Å². The van der Waals surface area contributed by atoms with Crippen LogP contribution in [0.1, 0.15) is 12.8 Å². The average molecular weight is 301 g/mol. The molecule has 0 saturated carbocycles. The number of rotatable bonds is 7. The third-order valence-corrected chi connectivity index (χ3v) is 3.60. The van der Waals surface area contributed by atoms with Crippen molar-refractivity contribution < 1.29 is 23.1 Å². The molecule has 0 aliphatic rings. The maximum Gasteiger partial charge on any atom is 0.316 e. The molecule has 5 N–H and O–H groups in total. The number of carboxylic acid groups (broad SMARTS) is 1. The fraction of sp³-hybridized carbons (Fsp3) is 0.273. The van der Waals surface area contributed by atoms with Gasteiger partial charge in [0.15, 0.2) is 0 Å². The molecule has 0 aliphatic heterocycles. The third kappa shape index (κ3) is 6.05. The third-order valence-electron chi connectivity index (χ3n) is 2.23. The second-order valence-electron chi connectivity index (χ2n) is 3.98. The lowest BCUT2D eigenvalue weighted by atomic mass is 10.3. The summed E-state index contributed by atoms with van der Waals surface area (Å²) in [6, 6.07) is 5.17. The van der Waals surface area contributed by atoms with Crippen LogP contribution in [-0.2, 0) is 14.8 Å². The minimum absolute atomic E-state index is 0.0337. The van der Waals surface area contributed by atoms with Gasteiger partial charge in [-0.2, -0.15) is 0 Å². The summed E-state index contributed by atoms with van der Waals surface area (Å²) >= 11 is 0. The second-order valence-corrected chi connectivity index (χ2v) is 5.83. The van der Waals surface area contributed by atoms with Crippen molar-refractivity contribution in [1.29, 1.82) is 0 Å². The van der Waals surface area contributed by atoms with E-state index in [0.717, 1.165) is 0 Å². The molecule has 9 heteroatoms. The summed E-state index contributed by atoms with van der Waals surface area (Å²) in [6.07, 6.45) is -0.172. The zero-order valence-corrected chi connectivity index (χ0v) is 11.3. The number of carbonyl (C=O) groups excluding carboxylic acids is 1. The SMILES string of the molecule is NC(=O)Nc1ccc(NS(=O)(=O)CCCC(=O)O)cc1. The fourth-order valence-corrected chi connectivity index (χ4v) is 2.53. The minimum Gasteiger partial charge on any atom is -0.481 e. The lowest BCUT2D eigenvalue weighted by Crippen LogP contribution is -2.19. The highest BCUT2D eigenvalue weighted by molar-refractivity contribution is 7.92. The summed E-state index contributed by atoms with van der Waals surface area (Å²) in [5, 5.41) is 10.8. The molecule has 0 bridgehead atoms. The number of anilines is 2. The van der Waals surface area contributed by atoms with E-state index in [2.05, 4.69) is 10.0 Å². The van der Waals surface area contributed by atoms with Gasteiger partial charge < -0.3 is 16.2 Å². The van der Waals surface area contributed by atoms with Crippen LogP contribution in [0.15, 0.2) is 24.3 Å². The first-order chi connectivity index (χ1) is 9.28. The Balaban J connectivity index is 2.58. The zero-order chi connectivity index (χ0) is 15.2. The van der Waals surface area contributed by atoms with Gasteiger partial charge in [-0.3, -0.25) is 9.52 Å². The Labute approximate surface area is 116 Å². The summed E-state index contributed by atoms with van der Waals surface area (Å²) in [5.41, 5.74) is 5.69. The highest BCUT2D eigenvalue weighted by atomic mass is 32.2. The first kappa shape index (κ1) is 15.8. The van der Waals surface area contributed by atoms with Crippen molar-refractivity contribution in [3.05, 3.63) is 24.3 Å². The van der Waals surface area contributed by atoms with Gasteiger partial charge in [0.25, 0.3) is 0 Å². The molecular formula is C11H15N3O5S. The van der Waals surface area contributed by atoms with Crippen LogP contribution < -0.4 is 15.8 Å². The Kier molecular flexibility index (Phi) is 5.32. The van der Waals surface area contributed by atoms with Gasteiger partial charge in [0.2, 0.25) is 10.0 Å². The number of hydrogen-bond acceptors (Lipinski definition) is 4. The fourth-order valence-electron chi connectivity index (χ4n) is 1.41. The molecule has 0 spiro atoms.